The van der Waals surface area contributed by atoms with E-state index in [1.807, 2.05) is 0 Å². The first-order valence-corrected chi connectivity index (χ1v) is 8.26. The highest BCUT2D eigenvalue weighted by molar-refractivity contribution is 7.91. The highest BCUT2D eigenvalue weighted by atomic mass is 32.2. The summed E-state index contributed by atoms with van der Waals surface area (Å²) in [6, 6.07) is 3.94. The van der Waals surface area contributed by atoms with Gasteiger partial charge in [-0.15, -0.1) is 0 Å². The molecule has 2 rings (SSSR count). The van der Waals surface area contributed by atoms with Gasteiger partial charge in [0.2, 0.25) is 0 Å². The number of rotatable bonds is 3. The Kier molecular flexibility index (Phi) is 3.99. The van der Waals surface area contributed by atoms with Crippen molar-refractivity contribution in [3.63, 3.8) is 0 Å². The minimum Gasteiger partial charge on any atom is -0.338 e. The zero-order valence-electron chi connectivity index (χ0n) is 11.8. The Hall–Kier alpha value is -1.96. The molecule has 1 unspecified atom stereocenters. The number of nitro benzene ring substituents is 1. The molecule has 1 aliphatic rings. The third kappa shape index (κ3) is 3.05. The van der Waals surface area contributed by atoms with Crippen molar-refractivity contribution >= 4 is 21.4 Å². The normalized spacial score (nSPS) is 20.2. The molecule has 114 valence electrons. The van der Waals surface area contributed by atoms with Gasteiger partial charge in [-0.3, -0.25) is 14.9 Å². The number of nitrogens with zero attached hydrogens (tertiary/aromatic N) is 2. The summed E-state index contributed by atoms with van der Waals surface area (Å²) in [5.74, 6) is -0.370. The molecule has 0 bridgehead atoms. The summed E-state index contributed by atoms with van der Waals surface area (Å²) < 4.78 is 23.0. The fraction of sp³-hybridized carbons (Fsp3) is 0.462. The molecule has 1 fully saturated rings. The average Bonchev–Trinajstić information content (AvgIpc) is 2.77. The number of hydrogen-bond donors (Lipinski definition) is 0. The number of amides is 1. The van der Waals surface area contributed by atoms with Crippen LogP contribution in [0.4, 0.5) is 5.69 Å². The highest BCUT2D eigenvalue weighted by Crippen LogP contribution is 2.24. The van der Waals surface area contributed by atoms with Crippen LogP contribution in [0.5, 0.6) is 0 Å². The molecule has 1 aromatic carbocycles. The smallest absolute Gasteiger partial charge is 0.273 e. The van der Waals surface area contributed by atoms with Crippen LogP contribution in [0.15, 0.2) is 18.2 Å². The van der Waals surface area contributed by atoms with E-state index in [9.17, 15) is 23.3 Å². The molecule has 1 aliphatic heterocycles. The number of hydrogen-bond acceptors (Lipinski definition) is 5. The monoisotopic (exact) mass is 312 g/mol. The summed E-state index contributed by atoms with van der Waals surface area (Å²) in [5, 5.41) is 10.9. The van der Waals surface area contributed by atoms with Gasteiger partial charge in [0.25, 0.3) is 11.6 Å². The number of carbonyl (C=O) groups excluding carboxylic acids is 1. The fourth-order valence-electron chi connectivity index (χ4n) is 2.49. The molecule has 21 heavy (non-hydrogen) atoms. The van der Waals surface area contributed by atoms with Crippen LogP contribution in [-0.2, 0) is 9.84 Å². The molecule has 7 nitrogen and oxygen atoms in total. The molecule has 1 amide bonds. The largest absolute Gasteiger partial charge is 0.338 e. The summed E-state index contributed by atoms with van der Waals surface area (Å²) in [4.78, 5) is 24.2. The van der Waals surface area contributed by atoms with Gasteiger partial charge in [-0.1, -0.05) is 6.07 Å². The Bertz CT molecular complexity index is 699. The average molecular weight is 312 g/mol. The molecule has 0 aromatic heterocycles. The lowest BCUT2D eigenvalue weighted by molar-refractivity contribution is -0.385. The van der Waals surface area contributed by atoms with Gasteiger partial charge in [-0.05, 0) is 19.4 Å². The van der Waals surface area contributed by atoms with Crippen molar-refractivity contribution in [2.75, 3.05) is 18.6 Å². The van der Waals surface area contributed by atoms with E-state index in [0.29, 0.717) is 12.0 Å². The Balaban J connectivity index is 2.28. The molecule has 0 N–H and O–H groups in total. The maximum atomic E-state index is 12.4. The van der Waals surface area contributed by atoms with Crippen LogP contribution in [0.1, 0.15) is 22.3 Å². The van der Waals surface area contributed by atoms with E-state index in [-0.39, 0.29) is 28.8 Å². The minimum absolute atomic E-state index is 0.0524. The van der Waals surface area contributed by atoms with E-state index in [2.05, 4.69) is 0 Å². The van der Waals surface area contributed by atoms with Crippen molar-refractivity contribution in [2.24, 2.45) is 0 Å². The van der Waals surface area contributed by atoms with Crippen molar-refractivity contribution in [3.8, 4) is 0 Å². The predicted octanol–water partition coefficient (Wildman–Crippen LogP) is 1.16. The second-order valence-electron chi connectivity index (χ2n) is 5.18. The summed E-state index contributed by atoms with van der Waals surface area (Å²) in [6.07, 6.45) is 0.401. The van der Waals surface area contributed by atoms with Crippen molar-refractivity contribution in [1.82, 2.24) is 4.90 Å². The molecule has 0 spiro atoms. The van der Waals surface area contributed by atoms with Gasteiger partial charge < -0.3 is 4.90 Å². The van der Waals surface area contributed by atoms with Gasteiger partial charge in [-0.2, -0.15) is 0 Å². The second-order valence-corrected chi connectivity index (χ2v) is 7.41. The Morgan fingerprint density at radius 3 is 2.62 bits per heavy atom. The van der Waals surface area contributed by atoms with Crippen molar-refractivity contribution in [1.29, 1.82) is 0 Å². The molecular formula is C13H16N2O5S. The molecular weight excluding hydrogens is 296 g/mol. The van der Waals surface area contributed by atoms with Crippen LogP contribution in [0.3, 0.4) is 0 Å². The van der Waals surface area contributed by atoms with Crippen LogP contribution in [-0.4, -0.2) is 48.7 Å². The number of sulfone groups is 1. The quantitative estimate of drug-likeness (QED) is 0.616. The van der Waals surface area contributed by atoms with Crippen molar-refractivity contribution in [3.05, 3.63) is 39.4 Å². The van der Waals surface area contributed by atoms with E-state index in [1.54, 1.807) is 0 Å². The maximum absolute atomic E-state index is 12.4. The molecule has 0 aliphatic carbocycles. The third-order valence-electron chi connectivity index (χ3n) is 3.81. The molecule has 1 atom stereocenters. The van der Waals surface area contributed by atoms with Crippen LogP contribution in [0.2, 0.25) is 0 Å². The zero-order valence-corrected chi connectivity index (χ0v) is 12.6. The summed E-state index contributed by atoms with van der Waals surface area (Å²) in [5.41, 5.74) is 0.407. The van der Waals surface area contributed by atoms with Gasteiger partial charge in [0.05, 0.1) is 16.4 Å². The number of nitro groups is 1. The van der Waals surface area contributed by atoms with Crippen molar-refractivity contribution < 1.29 is 18.1 Å². The van der Waals surface area contributed by atoms with E-state index >= 15 is 0 Å². The Morgan fingerprint density at radius 1 is 1.43 bits per heavy atom. The van der Waals surface area contributed by atoms with E-state index in [1.165, 1.54) is 37.1 Å². The topological polar surface area (TPSA) is 97.6 Å². The van der Waals surface area contributed by atoms with Crippen LogP contribution < -0.4 is 0 Å². The molecule has 1 heterocycles. The SMILES string of the molecule is Cc1c(C(=O)N(C)C2CCS(=O)(=O)C2)cccc1[N+](=O)[O-]. The molecule has 0 saturated carbocycles. The first-order valence-electron chi connectivity index (χ1n) is 6.44. The third-order valence-corrected chi connectivity index (χ3v) is 5.56. The minimum atomic E-state index is -3.09. The van der Waals surface area contributed by atoms with Crippen LogP contribution in [0, 0.1) is 17.0 Å². The maximum Gasteiger partial charge on any atom is 0.273 e. The predicted molar refractivity (Wildman–Crippen MR) is 77.0 cm³/mol. The highest BCUT2D eigenvalue weighted by Gasteiger charge is 2.33. The van der Waals surface area contributed by atoms with Gasteiger partial charge >= 0.3 is 0 Å². The summed E-state index contributed by atoms with van der Waals surface area (Å²) in [6.45, 7) is 1.52. The van der Waals surface area contributed by atoms with E-state index < -0.39 is 20.7 Å². The second kappa shape index (κ2) is 5.44. The van der Waals surface area contributed by atoms with E-state index in [0.717, 1.165) is 0 Å². The van der Waals surface area contributed by atoms with Gasteiger partial charge in [0.15, 0.2) is 9.84 Å². The Labute approximate surface area is 122 Å². The van der Waals surface area contributed by atoms with Gasteiger partial charge in [0, 0.05) is 30.3 Å². The molecule has 8 heteroatoms. The van der Waals surface area contributed by atoms with Gasteiger partial charge in [0.1, 0.15) is 0 Å². The number of carbonyl (C=O) groups is 1. The van der Waals surface area contributed by atoms with Crippen LogP contribution >= 0.6 is 0 Å². The zero-order chi connectivity index (χ0) is 15.8. The molecule has 1 aromatic rings. The lowest BCUT2D eigenvalue weighted by Gasteiger charge is -2.24. The first-order chi connectivity index (χ1) is 9.73. The first kappa shape index (κ1) is 15.4. The molecule has 0 radical (unpaired) electrons. The summed E-state index contributed by atoms with van der Waals surface area (Å²) in [7, 11) is -1.56. The fourth-order valence-corrected chi connectivity index (χ4v) is 4.26. The van der Waals surface area contributed by atoms with E-state index in [4.69, 9.17) is 0 Å². The number of benzene rings is 1. The van der Waals surface area contributed by atoms with Gasteiger partial charge in [-0.25, -0.2) is 8.42 Å². The summed E-state index contributed by atoms with van der Waals surface area (Å²) >= 11 is 0. The lowest BCUT2D eigenvalue weighted by atomic mass is 10.0. The Morgan fingerprint density at radius 2 is 2.10 bits per heavy atom. The van der Waals surface area contributed by atoms with Crippen LogP contribution in [0.25, 0.3) is 0 Å². The molecule has 1 saturated heterocycles. The van der Waals surface area contributed by atoms with Crippen molar-refractivity contribution in [2.45, 2.75) is 19.4 Å². The standard InChI is InChI=1S/C13H16N2O5S/c1-9-11(4-3-5-12(9)15(17)18)13(16)14(2)10-6-7-21(19,20)8-10/h3-5,10H,6-8H2,1-2H3. The lowest BCUT2D eigenvalue weighted by Crippen LogP contribution is -2.38.